The van der Waals surface area contributed by atoms with Crippen LogP contribution < -0.4 is 0 Å². The average Bonchev–Trinajstić information content (AvgIpc) is 2.81. The van der Waals surface area contributed by atoms with E-state index in [0.717, 1.165) is 22.1 Å². The number of hydrogen-bond acceptors (Lipinski definition) is 4. The molecule has 3 aromatic rings. The van der Waals surface area contributed by atoms with Gasteiger partial charge in [-0.15, -0.1) is 0 Å². The first-order chi connectivity index (χ1) is 8.43. The molecule has 5 heteroatoms. The highest BCUT2D eigenvalue weighted by Crippen LogP contribution is 2.18. The topological polar surface area (TPSA) is 43.6 Å². The molecule has 0 atom stereocenters. The van der Waals surface area contributed by atoms with Crippen LogP contribution in [0, 0.1) is 0 Å². The summed E-state index contributed by atoms with van der Waals surface area (Å²) in [5.74, 6) is 0.768. The molecule has 0 aliphatic heterocycles. The third-order valence-electron chi connectivity index (χ3n) is 2.40. The maximum Gasteiger partial charge on any atom is 0.189 e. The molecule has 17 heavy (non-hydrogen) atoms. The van der Waals surface area contributed by atoms with Gasteiger partial charge in [0.15, 0.2) is 5.16 Å². The van der Waals surface area contributed by atoms with Crippen LogP contribution in [0.15, 0.2) is 54.2 Å². The summed E-state index contributed by atoms with van der Waals surface area (Å²) in [6.07, 6.45) is 5.35. The van der Waals surface area contributed by atoms with Crippen molar-refractivity contribution in [3.05, 3.63) is 49.1 Å². The number of rotatable bonds is 3. The zero-order chi connectivity index (χ0) is 11.5. The van der Waals surface area contributed by atoms with Crippen molar-refractivity contribution in [2.45, 2.75) is 11.0 Å². The molecule has 0 unspecified atom stereocenters. The van der Waals surface area contributed by atoms with E-state index in [-0.39, 0.29) is 0 Å². The molecular formula is C12H10N4S. The van der Waals surface area contributed by atoms with Gasteiger partial charge in [-0.1, -0.05) is 23.9 Å². The molecule has 0 aliphatic carbocycles. The van der Waals surface area contributed by atoms with Gasteiger partial charge in [-0.25, -0.2) is 15.0 Å². The molecule has 0 aliphatic rings. The highest BCUT2D eigenvalue weighted by molar-refractivity contribution is 7.98. The molecule has 2 heterocycles. The normalized spacial score (nSPS) is 10.8. The molecular weight excluding hydrogens is 232 g/mol. The van der Waals surface area contributed by atoms with E-state index in [4.69, 9.17) is 0 Å². The summed E-state index contributed by atoms with van der Waals surface area (Å²) >= 11 is 1.59. The lowest BCUT2D eigenvalue weighted by molar-refractivity contribution is 0.900. The first-order valence-electron chi connectivity index (χ1n) is 5.23. The summed E-state index contributed by atoms with van der Waals surface area (Å²) < 4.78 is 2.09. The summed E-state index contributed by atoms with van der Waals surface area (Å²) in [6, 6.07) is 9.90. The maximum atomic E-state index is 4.34. The molecule has 0 radical (unpaired) electrons. The van der Waals surface area contributed by atoms with Gasteiger partial charge < -0.3 is 4.57 Å². The molecule has 4 nitrogen and oxygen atoms in total. The van der Waals surface area contributed by atoms with E-state index in [1.54, 1.807) is 24.2 Å². The molecule has 0 fully saturated rings. The van der Waals surface area contributed by atoms with Gasteiger partial charge in [0.05, 0.1) is 23.2 Å². The van der Waals surface area contributed by atoms with Crippen LogP contribution in [0.25, 0.3) is 11.0 Å². The number of imidazole rings is 1. The SMILES string of the molecule is c1cnc(SCn2cnc3ccccc32)nc1. The van der Waals surface area contributed by atoms with Gasteiger partial charge in [0.2, 0.25) is 0 Å². The number of nitrogens with zero attached hydrogens (tertiary/aromatic N) is 4. The minimum absolute atomic E-state index is 0.768. The largest absolute Gasteiger partial charge is 0.320 e. The Labute approximate surface area is 103 Å². The van der Waals surface area contributed by atoms with Crippen molar-refractivity contribution in [2.75, 3.05) is 0 Å². The Balaban J connectivity index is 1.82. The summed E-state index contributed by atoms with van der Waals surface area (Å²) in [5.41, 5.74) is 2.15. The van der Waals surface area contributed by atoms with Crippen LogP contribution in [0.2, 0.25) is 0 Å². The second-order valence-corrected chi connectivity index (χ2v) is 4.42. The number of hydrogen-bond donors (Lipinski definition) is 0. The van der Waals surface area contributed by atoms with Gasteiger partial charge in [-0.3, -0.25) is 0 Å². The standard InChI is InChI=1S/C12H10N4S/c1-2-5-11-10(4-1)15-8-16(11)9-17-12-13-6-3-7-14-12/h1-8H,9H2. The van der Waals surface area contributed by atoms with E-state index in [1.165, 1.54) is 0 Å². The summed E-state index contributed by atoms with van der Waals surface area (Å²) in [4.78, 5) is 12.7. The molecule has 1 aromatic carbocycles. The molecule has 84 valence electrons. The van der Waals surface area contributed by atoms with Gasteiger partial charge in [-0.05, 0) is 18.2 Å². The Morgan fingerprint density at radius 1 is 1.00 bits per heavy atom. The van der Waals surface area contributed by atoms with E-state index in [9.17, 15) is 0 Å². The second-order valence-electron chi connectivity index (χ2n) is 3.51. The summed E-state index contributed by atoms with van der Waals surface area (Å²) in [5, 5.41) is 0.783. The van der Waals surface area contributed by atoms with Crippen LogP contribution >= 0.6 is 11.8 Å². The third kappa shape index (κ3) is 2.14. The first kappa shape index (κ1) is 10.3. The Kier molecular flexibility index (Phi) is 2.75. The lowest BCUT2D eigenvalue weighted by Gasteiger charge is -2.02. The van der Waals surface area contributed by atoms with Crippen LogP contribution in [0.5, 0.6) is 0 Å². The minimum Gasteiger partial charge on any atom is -0.320 e. The quantitative estimate of drug-likeness (QED) is 0.523. The first-order valence-corrected chi connectivity index (χ1v) is 6.22. The van der Waals surface area contributed by atoms with E-state index in [2.05, 4.69) is 25.6 Å². The van der Waals surface area contributed by atoms with Gasteiger partial charge in [0.25, 0.3) is 0 Å². The Morgan fingerprint density at radius 3 is 2.71 bits per heavy atom. The third-order valence-corrected chi connectivity index (χ3v) is 3.28. The van der Waals surface area contributed by atoms with Gasteiger partial charge >= 0.3 is 0 Å². The number of thioether (sulfide) groups is 1. The summed E-state index contributed by atoms with van der Waals surface area (Å²) in [7, 11) is 0. The number of para-hydroxylation sites is 2. The van der Waals surface area contributed by atoms with E-state index >= 15 is 0 Å². The van der Waals surface area contributed by atoms with Crippen molar-refractivity contribution >= 4 is 22.8 Å². The molecule has 3 rings (SSSR count). The predicted octanol–water partition coefficient (Wildman–Crippen LogP) is 2.58. The van der Waals surface area contributed by atoms with Gasteiger partial charge in [0.1, 0.15) is 0 Å². The van der Waals surface area contributed by atoms with Crippen LogP contribution in [0.4, 0.5) is 0 Å². The highest BCUT2D eigenvalue weighted by atomic mass is 32.2. The molecule has 0 amide bonds. The van der Waals surface area contributed by atoms with Gasteiger partial charge in [0, 0.05) is 12.4 Å². The predicted molar refractivity (Wildman–Crippen MR) is 67.6 cm³/mol. The lowest BCUT2D eigenvalue weighted by atomic mass is 10.3. The zero-order valence-corrected chi connectivity index (χ0v) is 9.84. The molecule has 0 saturated heterocycles. The summed E-state index contributed by atoms with van der Waals surface area (Å²) in [6.45, 7) is 0. The fourth-order valence-corrected chi connectivity index (χ4v) is 2.33. The molecule has 0 spiro atoms. The maximum absolute atomic E-state index is 4.34. The second kappa shape index (κ2) is 4.55. The van der Waals surface area contributed by atoms with Crippen molar-refractivity contribution in [3.8, 4) is 0 Å². The average molecular weight is 242 g/mol. The van der Waals surface area contributed by atoms with Crippen molar-refractivity contribution in [2.24, 2.45) is 0 Å². The van der Waals surface area contributed by atoms with Crippen LogP contribution in [0.1, 0.15) is 0 Å². The van der Waals surface area contributed by atoms with Crippen molar-refractivity contribution in [3.63, 3.8) is 0 Å². The fourth-order valence-electron chi connectivity index (χ4n) is 1.60. The Bertz CT molecular complexity index is 620. The lowest BCUT2D eigenvalue weighted by Crippen LogP contribution is -1.93. The smallest absolute Gasteiger partial charge is 0.189 e. The van der Waals surface area contributed by atoms with E-state index in [0.29, 0.717) is 0 Å². The monoisotopic (exact) mass is 242 g/mol. The highest BCUT2D eigenvalue weighted by Gasteiger charge is 2.02. The van der Waals surface area contributed by atoms with Crippen LogP contribution in [-0.4, -0.2) is 19.5 Å². The van der Waals surface area contributed by atoms with E-state index < -0.39 is 0 Å². The van der Waals surface area contributed by atoms with Crippen molar-refractivity contribution < 1.29 is 0 Å². The number of fused-ring (bicyclic) bond motifs is 1. The van der Waals surface area contributed by atoms with Crippen molar-refractivity contribution in [1.82, 2.24) is 19.5 Å². The van der Waals surface area contributed by atoms with E-state index in [1.807, 2.05) is 30.6 Å². The molecule has 0 saturated carbocycles. The number of aromatic nitrogens is 4. The fraction of sp³-hybridized carbons (Fsp3) is 0.0833. The molecule has 2 aromatic heterocycles. The zero-order valence-electron chi connectivity index (χ0n) is 9.02. The Morgan fingerprint density at radius 2 is 1.82 bits per heavy atom. The minimum atomic E-state index is 0.768. The molecule has 0 N–H and O–H groups in total. The van der Waals surface area contributed by atoms with Crippen LogP contribution in [0.3, 0.4) is 0 Å². The van der Waals surface area contributed by atoms with Gasteiger partial charge in [-0.2, -0.15) is 0 Å². The Hall–Kier alpha value is -1.88. The van der Waals surface area contributed by atoms with Crippen LogP contribution in [-0.2, 0) is 5.88 Å². The van der Waals surface area contributed by atoms with Crippen molar-refractivity contribution in [1.29, 1.82) is 0 Å². The number of benzene rings is 1. The molecule has 0 bridgehead atoms.